The van der Waals surface area contributed by atoms with Gasteiger partial charge in [0.2, 0.25) is 0 Å². The molecule has 0 saturated carbocycles. The molecule has 0 aromatic rings. The van der Waals surface area contributed by atoms with Crippen LogP contribution >= 0.6 is 0 Å². The molecule has 2 heteroatoms. The Morgan fingerprint density at radius 2 is 2.33 bits per heavy atom. The van der Waals surface area contributed by atoms with Gasteiger partial charge in [0.1, 0.15) is 0 Å². The predicted octanol–water partition coefficient (Wildman–Crippen LogP) is 1.28. The third-order valence-electron chi connectivity index (χ3n) is 1.11. The molecule has 0 unspecified atom stereocenters. The lowest BCUT2D eigenvalue weighted by atomic mass is 10.3. The fourth-order valence-corrected chi connectivity index (χ4v) is 0.479. The Bertz CT molecular complexity index is 88.9. The summed E-state index contributed by atoms with van der Waals surface area (Å²) in [5.41, 5.74) is 6.40. The number of rotatable bonds is 4. The van der Waals surface area contributed by atoms with E-state index < -0.39 is 0 Å². The van der Waals surface area contributed by atoms with Gasteiger partial charge in [-0.05, 0) is 13.8 Å². The van der Waals surface area contributed by atoms with E-state index in [2.05, 4.69) is 0 Å². The summed E-state index contributed by atoms with van der Waals surface area (Å²) in [7, 11) is 0. The van der Waals surface area contributed by atoms with Gasteiger partial charge in [0, 0.05) is 18.7 Å². The Hall–Kier alpha value is -0.500. The molecular weight excluding hydrogens is 114 g/mol. The van der Waals surface area contributed by atoms with E-state index in [1.54, 1.807) is 0 Å². The Morgan fingerprint density at radius 3 is 2.78 bits per heavy atom. The van der Waals surface area contributed by atoms with Crippen molar-refractivity contribution in [1.82, 2.24) is 0 Å². The molecule has 9 heavy (non-hydrogen) atoms. The Kier molecular flexibility index (Phi) is 5.32. The zero-order valence-electron chi connectivity index (χ0n) is 6.18. The van der Waals surface area contributed by atoms with Gasteiger partial charge in [-0.15, -0.1) is 0 Å². The van der Waals surface area contributed by atoms with Gasteiger partial charge in [0.05, 0.1) is 6.61 Å². The second kappa shape index (κ2) is 5.63. The number of nitrogens with two attached hydrogens (primary N) is 1. The molecule has 54 valence electrons. The minimum absolute atomic E-state index is 0.743. The van der Waals surface area contributed by atoms with Crippen LogP contribution in [0.4, 0.5) is 0 Å². The van der Waals surface area contributed by atoms with Crippen molar-refractivity contribution in [2.75, 3.05) is 13.2 Å². The first-order valence-corrected chi connectivity index (χ1v) is 3.29. The van der Waals surface area contributed by atoms with Crippen LogP contribution in [0, 0.1) is 0 Å². The number of ether oxygens (including phenoxy) is 1. The average Bonchev–Trinajstić information content (AvgIpc) is 1.89. The molecule has 0 aliphatic rings. The molecule has 0 aromatic heterocycles. The monoisotopic (exact) mass is 129 g/mol. The molecule has 0 aromatic carbocycles. The van der Waals surface area contributed by atoms with Gasteiger partial charge in [0.15, 0.2) is 0 Å². The van der Waals surface area contributed by atoms with Crippen molar-refractivity contribution in [3.05, 3.63) is 11.8 Å². The van der Waals surface area contributed by atoms with E-state index in [9.17, 15) is 0 Å². The van der Waals surface area contributed by atoms with Crippen molar-refractivity contribution in [1.29, 1.82) is 0 Å². The van der Waals surface area contributed by atoms with Crippen LogP contribution in [0.2, 0.25) is 0 Å². The summed E-state index contributed by atoms with van der Waals surface area (Å²) in [6.45, 7) is 5.43. The maximum absolute atomic E-state index is 5.49. The summed E-state index contributed by atoms with van der Waals surface area (Å²) >= 11 is 0. The van der Waals surface area contributed by atoms with Crippen molar-refractivity contribution in [3.63, 3.8) is 0 Å². The van der Waals surface area contributed by atoms with E-state index >= 15 is 0 Å². The first-order valence-electron chi connectivity index (χ1n) is 3.29. The number of allylic oxidation sites excluding steroid dienone is 1. The maximum atomic E-state index is 5.49. The second-order valence-electron chi connectivity index (χ2n) is 1.81. The summed E-state index contributed by atoms with van der Waals surface area (Å²) < 4.78 is 5.09. The highest BCUT2D eigenvalue weighted by Crippen LogP contribution is 1.91. The molecule has 2 nitrogen and oxygen atoms in total. The second-order valence-corrected chi connectivity index (χ2v) is 1.81. The molecule has 0 aliphatic carbocycles. The van der Waals surface area contributed by atoms with Gasteiger partial charge in [-0.3, -0.25) is 0 Å². The lowest BCUT2D eigenvalue weighted by Gasteiger charge is -1.99. The Morgan fingerprint density at radius 1 is 1.67 bits per heavy atom. The molecule has 0 atom stereocenters. The van der Waals surface area contributed by atoms with E-state index in [0.717, 1.165) is 25.3 Å². The SMILES string of the molecule is C/C=C(\N)CCOCC. The predicted molar refractivity (Wildman–Crippen MR) is 39.1 cm³/mol. The molecule has 0 amide bonds. The fraction of sp³-hybridized carbons (Fsp3) is 0.714. The molecule has 0 saturated heterocycles. The zero-order chi connectivity index (χ0) is 7.11. The fourth-order valence-electron chi connectivity index (χ4n) is 0.479. The topological polar surface area (TPSA) is 35.2 Å². The lowest BCUT2D eigenvalue weighted by molar-refractivity contribution is 0.150. The summed E-state index contributed by atoms with van der Waals surface area (Å²) in [6, 6.07) is 0. The highest BCUT2D eigenvalue weighted by Gasteiger charge is 1.86. The first kappa shape index (κ1) is 8.50. The molecule has 0 fully saturated rings. The maximum Gasteiger partial charge on any atom is 0.0520 e. The number of hydrogen-bond donors (Lipinski definition) is 1. The van der Waals surface area contributed by atoms with Crippen LogP contribution in [0.3, 0.4) is 0 Å². The van der Waals surface area contributed by atoms with E-state index in [4.69, 9.17) is 10.5 Å². The van der Waals surface area contributed by atoms with Gasteiger partial charge in [-0.2, -0.15) is 0 Å². The van der Waals surface area contributed by atoms with Gasteiger partial charge in [-0.1, -0.05) is 6.08 Å². The van der Waals surface area contributed by atoms with Gasteiger partial charge in [0.25, 0.3) is 0 Å². The van der Waals surface area contributed by atoms with E-state index in [1.807, 2.05) is 19.9 Å². The molecule has 0 heterocycles. The summed E-state index contributed by atoms with van der Waals surface area (Å²) in [4.78, 5) is 0. The van der Waals surface area contributed by atoms with E-state index in [0.29, 0.717) is 0 Å². The summed E-state index contributed by atoms with van der Waals surface area (Å²) in [5, 5.41) is 0. The normalized spacial score (nSPS) is 12.0. The minimum Gasteiger partial charge on any atom is -0.402 e. The largest absolute Gasteiger partial charge is 0.402 e. The van der Waals surface area contributed by atoms with Crippen LogP contribution in [0.1, 0.15) is 20.3 Å². The highest BCUT2D eigenvalue weighted by molar-refractivity contribution is 4.92. The molecule has 0 bridgehead atoms. The Balaban J connectivity index is 3.07. The number of hydrogen-bond acceptors (Lipinski definition) is 2. The lowest BCUT2D eigenvalue weighted by Crippen LogP contribution is -2.01. The van der Waals surface area contributed by atoms with Crippen LogP contribution in [-0.4, -0.2) is 13.2 Å². The van der Waals surface area contributed by atoms with Gasteiger partial charge < -0.3 is 10.5 Å². The van der Waals surface area contributed by atoms with Crippen molar-refractivity contribution in [2.24, 2.45) is 5.73 Å². The smallest absolute Gasteiger partial charge is 0.0520 e. The molecular formula is C7H15NO. The average molecular weight is 129 g/mol. The third kappa shape index (κ3) is 5.37. The van der Waals surface area contributed by atoms with Crippen LogP contribution in [0.5, 0.6) is 0 Å². The van der Waals surface area contributed by atoms with Crippen LogP contribution in [0.15, 0.2) is 11.8 Å². The quantitative estimate of drug-likeness (QED) is 0.580. The molecule has 0 radical (unpaired) electrons. The van der Waals surface area contributed by atoms with Crippen molar-refractivity contribution >= 4 is 0 Å². The Labute approximate surface area is 56.7 Å². The van der Waals surface area contributed by atoms with E-state index in [-0.39, 0.29) is 0 Å². The molecule has 0 rings (SSSR count). The molecule has 2 N–H and O–H groups in total. The van der Waals surface area contributed by atoms with Crippen LogP contribution < -0.4 is 5.73 Å². The minimum atomic E-state index is 0.743. The zero-order valence-corrected chi connectivity index (χ0v) is 6.18. The standard InChI is InChI=1S/C7H15NO/c1-3-7(8)5-6-9-4-2/h3H,4-6,8H2,1-2H3/b7-3-. The highest BCUT2D eigenvalue weighted by atomic mass is 16.5. The van der Waals surface area contributed by atoms with Crippen LogP contribution in [-0.2, 0) is 4.74 Å². The molecule has 0 spiro atoms. The van der Waals surface area contributed by atoms with Gasteiger partial charge >= 0.3 is 0 Å². The summed E-state index contributed by atoms with van der Waals surface area (Å²) in [5.74, 6) is 0. The van der Waals surface area contributed by atoms with E-state index in [1.165, 1.54) is 0 Å². The third-order valence-corrected chi connectivity index (χ3v) is 1.11. The van der Waals surface area contributed by atoms with Crippen molar-refractivity contribution in [2.45, 2.75) is 20.3 Å². The van der Waals surface area contributed by atoms with Crippen molar-refractivity contribution in [3.8, 4) is 0 Å². The first-order chi connectivity index (χ1) is 4.31. The van der Waals surface area contributed by atoms with Crippen LogP contribution in [0.25, 0.3) is 0 Å². The summed E-state index contributed by atoms with van der Waals surface area (Å²) in [6.07, 6.45) is 2.75. The van der Waals surface area contributed by atoms with Gasteiger partial charge in [-0.25, -0.2) is 0 Å². The van der Waals surface area contributed by atoms with Crippen molar-refractivity contribution < 1.29 is 4.74 Å². The molecule has 0 aliphatic heterocycles.